The Bertz CT molecular complexity index is 451. The van der Waals surface area contributed by atoms with Crippen LogP contribution < -0.4 is 0 Å². The third kappa shape index (κ3) is 1.56. The van der Waals surface area contributed by atoms with E-state index in [-0.39, 0.29) is 0 Å². The summed E-state index contributed by atoms with van der Waals surface area (Å²) < 4.78 is 0. The number of thiazole rings is 1. The molecule has 0 N–H and O–H groups in total. The third-order valence-corrected chi connectivity index (χ3v) is 2.62. The zero-order valence-corrected chi connectivity index (χ0v) is 8.41. The topological polar surface area (TPSA) is 42.3 Å². The lowest BCUT2D eigenvalue weighted by atomic mass is 10.1. The van der Waals surface area contributed by atoms with Crippen LogP contribution in [0.4, 0.5) is 5.69 Å². The normalized spacial score (nSPS) is 10.1. The first-order valence-corrected chi connectivity index (χ1v) is 5.08. The van der Waals surface area contributed by atoms with Gasteiger partial charge in [0.2, 0.25) is 0 Å². The molecule has 0 bridgehead atoms. The molecule has 1 heterocycles. The Balaban J connectivity index is 2.51. The fraction of sp³-hybridized carbons (Fsp3) is 0.100. The molecule has 0 saturated carbocycles. The molecule has 0 aliphatic rings. The molecule has 0 aliphatic carbocycles. The van der Waals surface area contributed by atoms with Crippen LogP contribution >= 0.6 is 11.3 Å². The molecule has 0 unspecified atom stereocenters. The first-order chi connectivity index (χ1) is 6.81. The van der Waals surface area contributed by atoms with Gasteiger partial charge in [-0.1, -0.05) is 12.1 Å². The molecular formula is C10H8N2OS. The molecule has 1 aromatic heterocycles. The van der Waals surface area contributed by atoms with Gasteiger partial charge in [-0.15, -0.1) is 16.2 Å². The van der Waals surface area contributed by atoms with Gasteiger partial charge < -0.3 is 0 Å². The highest BCUT2D eigenvalue weighted by Gasteiger charge is 2.03. The molecule has 2 rings (SSSR count). The molecule has 1 aromatic carbocycles. The summed E-state index contributed by atoms with van der Waals surface area (Å²) in [6.07, 6.45) is 0. The zero-order chi connectivity index (χ0) is 9.97. The Morgan fingerprint density at radius 2 is 2.29 bits per heavy atom. The van der Waals surface area contributed by atoms with Gasteiger partial charge in [-0.05, 0) is 23.7 Å². The molecule has 0 spiro atoms. The van der Waals surface area contributed by atoms with Gasteiger partial charge in [0.05, 0.1) is 11.2 Å². The van der Waals surface area contributed by atoms with Crippen molar-refractivity contribution in [3.63, 3.8) is 0 Å². The van der Waals surface area contributed by atoms with E-state index in [2.05, 4.69) is 10.2 Å². The summed E-state index contributed by atoms with van der Waals surface area (Å²) in [5.74, 6) is 0. The van der Waals surface area contributed by atoms with E-state index < -0.39 is 0 Å². The SMILES string of the molecule is Cc1ccc(-c2cscn2)cc1N=O. The minimum absolute atomic E-state index is 0.482. The van der Waals surface area contributed by atoms with Crippen LogP contribution in [0.1, 0.15) is 5.56 Å². The van der Waals surface area contributed by atoms with Gasteiger partial charge in [-0.25, -0.2) is 4.98 Å². The van der Waals surface area contributed by atoms with E-state index in [0.29, 0.717) is 5.69 Å². The van der Waals surface area contributed by atoms with Gasteiger partial charge >= 0.3 is 0 Å². The Hall–Kier alpha value is -1.55. The molecule has 0 atom stereocenters. The number of hydrogen-bond acceptors (Lipinski definition) is 4. The maximum absolute atomic E-state index is 10.5. The van der Waals surface area contributed by atoms with Crippen molar-refractivity contribution in [2.24, 2.45) is 5.18 Å². The summed E-state index contributed by atoms with van der Waals surface area (Å²) in [5.41, 5.74) is 4.96. The summed E-state index contributed by atoms with van der Waals surface area (Å²) in [6, 6.07) is 5.59. The average molecular weight is 204 g/mol. The first kappa shape index (κ1) is 9.02. The quantitative estimate of drug-likeness (QED) is 0.702. The number of aromatic nitrogens is 1. The van der Waals surface area contributed by atoms with Crippen LogP contribution in [0.5, 0.6) is 0 Å². The lowest BCUT2D eigenvalue weighted by molar-refractivity contribution is 1.36. The highest BCUT2D eigenvalue weighted by atomic mass is 32.1. The second kappa shape index (κ2) is 3.67. The van der Waals surface area contributed by atoms with Crippen LogP contribution in [-0.4, -0.2) is 4.98 Å². The fourth-order valence-corrected chi connectivity index (χ4v) is 1.78. The van der Waals surface area contributed by atoms with Crippen molar-refractivity contribution in [2.75, 3.05) is 0 Å². The summed E-state index contributed by atoms with van der Waals surface area (Å²) in [6.45, 7) is 1.86. The maximum Gasteiger partial charge on any atom is 0.111 e. The maximum atomic E-state index is 10.5. The van der Waals surface area contributed by atoms with Gasteiger partial charge in [-0.2, -0.15) is 0 Å². The molecule has 3 nitrogen and oxygen atoms in total. The van der Waals surface area contributed by atoms with E-state index >= 15 is 0 Å². The Kier molecular flexibility index (Phi) is 2.37. The van der Waals surface area contributed by atoms with Gasteiger partial charge in [-0.3, -0.25) is 0 Å². The van der Waals surface area contributed by atoms with Crippen LogP contribution in [0.15, 0.2) is 34.3 Å². The van der Waals surface area contributed by atoms with E-state index in [9.17, 15) is 4.91 Å². The Labute approximate surface area is 85.4 Å². The number of nitrogens with zero attached hydrogens (tertiary/aromatic N) is 2. The van der Waals surface area contributed by atoms with E-state index in [1.807, 2.05) is 24.4 Å². The summed E-state index contributed by atoms with van der Waals surface area (Å²) in [5, 5.41) is 4.91. The summed E-state index contributed by atoms with van der Waals surface area (Å²) in [4.78, 5) is 14.6. The van der Waals surface area contributed by atoms with E-state index in [4.69, 9.17) is 0 Å². The highest BCUT2D eigenvalue weighted by Crippen LogP contribution is 2.26. The fourth-order valence-electron chi connectivity index (χ4n) is 1.22. The number of rotatable bonds is 2. The predicted octanol–water partition coefficient (Wildman–Crippen LogP) is 3.52. The van der Waals surface area contributed by atoms with Crippen LogP contribution in [0.25, 0.3) is 11.3 Å². The monoisotopic (exact) mass is 204 g/mol. The van der Waals surface area contributed by atoms with Crippen molar-refractivity contribution in [2.45, 2.75) is 6.92 Å². The highest BCUT2D eigenvalue weighted by molar-refractivity contribution is 7.07. The van der Waals surface area contributed by atoms with Gasteiger partial charge in [0.15, 0.2) is 0 Å². The molecule has 0 radical (unpaired) electrons. The van der Waals surface area contributed by atoms with Gasteiger partial charge in [0, 0.05) is 10.9 Å². The molecular weight excluding hydrogens is 196 g/mol. The minimum atomic E-state index is 0.482. The lowest BCUT2D eigenvalue weighted by Crippen LogP contribution is -1.79. The van der Waals surface area contributed by atoms with Crippen LogP contribution in [-0.2, 0) is 0 Å². The van der Waals surface area contributed by atoms with Crippen LogP contribution in [0, 0.1) is 11.8 Å². The molecule has 0 fully saturated rings. The second-order valence-corrected chi connectivity index (χ2v) is 3.68. The number of nitroso groups, excluding NO2 is 1. The van der Waals surface area contributed by atoms with E-state index in [1.165, 1.54) is 11.3 Å². The molecule has 0 amide bonds. The number of hydrogen-bond donors (Lipinski definition) is 0. The second-order valence-electron chi connectivity index (χ2n) is 2.97. The Morgan fingerprint density at radius 3 is 2.93 bits per heavy atom. The molecule has 0 aliphatic heterocycles. The standard InChI is InChI=1S/C10H8N2OS/c1-7-2-3-8(4-9(7)12-13)10-5-14-6-11-10/h2-6H,1H3. The first-order valence-electron chi connectivity index (χ1n) is 4.14. The predicted molar refractivity (Wildman–Crippen MR) is 57.7 cm³/mol. The lowest BCUT2D eigenvalue weighted by Gasteiger charge is -1.99. The minimum Gasteiger partial charge on any atom is -0.245 e. The molecule has 2 aromatic rings. The zero-order valence-electron chi connectivity index (χ0n) is 7.60. The summed E-state index contributed by atoms with van der Waals surface area (Å²) in [7, 11) is 0. The van der Waals surface area contributed by atoms with E-state index in [0.717, 1.165) is 16.8 Å². The van der Waals surface area contributed by atoms with Crippen molar-refractivity contribution in [1.29, 1.82) is 0 Å². The smallest absolute Gasteiger partial charge is 0.111 e. The summed E-state index contributed by atoms with van der Waals surface area (Å²) >= 11 is 1.53. The van der Waals surface area contributed by atoms with Crippen molar-refractivity contribution >= 4 is 17.0 Å². The van der Waals surface area contributed by atoms with Gasteiger partial charge in [0.1, 0.15) is 5.69 Å². The Morgan fingerprint density at radius 1 is 1.43 bits per heavy atom. The third-order valence-electron chi connectivity index (χ3n) is 2.04. The van der Waals surface area contributed by atoms with Crippen molar-refractivity contribution in [3.8, 4) is 11.3 Å². The molecule has 0 saturated heterocycles. The van der Waals surface area contributed by atoms with Crippen LogP contribution in [0.2, 0.25) is 0 Å². The molecule has 4 heteroatoms. The van der Waals surface area contributed by atoms with Crippen molar-refractivity contribution in [3.05, 3.63) is 39.6 Å². The van der Waals surface area contributed by atoms with Crippen molar-refractivity contribution in [1.82, 2.24) is 4.98 Å². The molecule has 70 valence electrons. The van der Waals surface area contributed by atoms with Crippen molar-refractivity contribution < 1.29 is 0 Å². The number of benzene rings is 1. The van der Waals surface area contributed by atoms with E-state index in [1.54, 1.807) is 11.6 Å². The van der Waals surface area contributed by atoms with Crippen LogP contribution in [0.3, 0.4) is 0 Å². The largest absolute Gasteiger partial charge is 0.245 e. The molecule has 14 heavy (non-hydrogen) atoms. The number of aryl methyl sites for hydroxylation is 1. The average Bonchev–Trinajstić information content (AvgIpc) is 2.71. The van der Waals surface area contributed by atoms with Gasteiger partial charge in [0.25, 0.3) is 0 Å².